The minimum Gasteiger partial charge on any atom is -0.459 e. The highest BCUT2D eigenvalue weighted by Crippen LogP contribution is 2.20. The Hall–Kier alpha value is -2.21. The predicted molar refractivity (Wildman–Crippen MR) is 91.7 cm³/mol. The highest BCUT2D eigenvalue weighted by molar-refractivity contribution is 5.72. The Morgan fingerprint density at radius 3 is 2.28 bits per heavy atom. The first-order valence-corrected chi connectivity index (χ1v) is 8.39. The van der Waals surface area contributed by atoms with Crippen molar-refractivity contribution in [1.82, 2.24) is 0 Å². The molecule has 0 spiro atoms. The van der Waals surface area contributed by atoms with Crippen LogP contribution in [0.15, 0.2) is 30.3 Å². The van der Waals surface area contributed by atoms with E-state index in [1.165, 1.54) is 0 Å². The molecule has 3 atom stereocenters. The van der Waals surface area contributed by atoms with Gasteiger partial charge in [0.15, 0.2) is 0 Å². The van der Waals surface area contributed by atoms with E-state index in [1.807, 2.05) is 30.3 Å². The number of carbonyl (C=O) groups excluding carboxylic acids is 3. The van der Waals surface area contributed by atoms with Gasteiger partial charge < -0.3 is 19.4 Å². The lowest BCUT2D eigenvalue weighted by Crippen LogP contribution is -2.41. The maximum atomic E-state index is 12.0. The second-order valence-corrected chi connectivity index (χ2v) is 6.21. The topological polar surface area (TPSA) is 89.9 Å². The second-order valence-electron chi connectivity index (χ2n) is 6.21. The van der Waals surface area contributed by atoms with Crippen LogP contribution in [-0.4, -0.2) is 42.1 Å². The minimum absolute atomic E-state index is 0.153. The summed E-state index contributed by atoms with van der Waals surface area (Å²) in [6, 6.07) is 9.34. The van der Waals surface area contributed by atoms with Crippen molar-refractivity contribution in [1.29, 1.82) is 0 Å². The minimum atomic E-state index is -0.893. The highest BCUT2D eigenvalue weighted by Gasteiger charge is 2.33. The lowest BCUT2D eigenvalue weighted by atomic mass is 9.92. The molecule has 6 nitrogen and oxygen atoms in total. The van der Waals surface area contributed by atoms with E-state index in [4.69, 9.17) is 14.6 Å². The summed E-state index contributed by atoms with van der Waals surface area (Å²) in [5.74, 6) is -2.09. The third-order valence-corrected chi connectivity index (χ3v) is 3.73. The molecule has 138 valence electrons. The van der Waals surface area contributed by atoms with Crippen LogP contribution in [0.25, 0.3) is 0 Å². The first kappa shape index (κ1) is 20.8. The van der Waals surface area contributed by atoms with Gasteiger partial charge in [0.25, 0.3) is 0 Å². The van der Waals surface area contributed by atoms with E-state index in [0.29, 0.717) is 6.42 Å². The molecule has 0 aliphatic heterocycles. The number of aliphatic hydroxyl groups is 1. The van der Waals surface area contributed by atoms with Gasteiger partial charge in [-0.1, -0.05) is 44.2 Å². The number of hydrogen-bond acceptors (Lipinski definition) is 6. The molecular weight excluding hydrogens is 324 g/mol. The van der Waals surface area contributed by atoms with Crippen molar-refractivity contribution in [3.8, 4) is 0 Å². The Morgan fingerprint density at radius 2 is 1.76 bits per heavy atom. The summed E-state index contributed by atoms with van der Waals surface area (Å²) in [5.41, 5.74) is 0.916. The molecule has 0 saturated heterocycles. The van der Waals surface area contributed by atoms with E-state index < -0.39 is 30.1 Å². The van der Waals surface area contributed by atoms with Crippen LogP contribution < -0.4 is 0 Å². The molecule has 0 saturated carbocycles. The van der Waals surface area contributed by atoms with Crippen LogP contribution in [0.4, 0.5) is 0 Å². The molecule has 25 heavy (non-hydrogen) atoms. The number of rotatable bonds is 10. The third kappa shape index (κ3) is 7.05. The lowest BCUT2D eigenvalue weighted by molar-refractivity contribution is -0.174. The van der Waals surface area contributed by atoms with Gasteiger partial charge in [-0.25, -0.2) is 0 Å². The standard InChI is InChI=1S/C19H26O6/c1-13(2)19(23)25-18(14(3)24-17(22)9-10-20)16(12-21)11-15-7-5-4-6-8-15/h4-8,12-14,16,18,20H,9-11H2,1-3H3. The van der Waals surface area contributed by atoms with Crippen LogP contribution in [0.1, 0.15) is 32.8 Å². The van der Waals surface area contributed by atoms with Crippen molar-refractivity contribution in [3.63, 3.8) is 0 Å². The van der Waals surface area contributed by atoms with E-state index in [9.17, 15) is 14.4 Å². The number of esters is 2. The summed E-state index contributed by atoms with van der Waals surface area (Å²) in [6.07, 6.45) is -0.764. The fourth-order valence-electron chi connectivity index (χ4n) is 2.35. The average Bonchev–Trinajstić information content (AvgIpc) is 2.58. The van der Waals surface area contributed by atoms with Crippen molar-refractivity contribution in [2.75, 3.05) is 6.61 Å². The Morgan fingerprint density at radius 1 is 1.12 bits per heavy atom. The van der Waals surface area contributed by atoms with Gasteiger partial charge in [0.05, 0.1) is 24.9 Å². The van der Waals surface area contributed by atoms with Gasteiger partial charge in [0.2, 0.25) is 0 Å². The summed E-state index contributed by atoms with van der Waals surface area (Å²) in [6.45, 7) is 4.63. The fraction of sp³-hybridized carbons (Fsp3) is 0.526. The van der Waals surface area contributed by atoms with E-state index >= 15 is 0 Å². The Balaban J connectivity index is 2.94. The number of aliphatic hydroxyl groups excluding tert-OH is 1. The summed E-state index contributed by atoms with van der Waals surface area (Å²) < 4.78 is 10.7. The molecule has 0 amide bonds. The Labute approximate surface area is 148 Å². The van der Waals surface area contributed by atoms with E-state index in [2.05, 4.69) is 0 Å². The summed E-state index contributed by atoms with van der Waals surface area (Å²) >= 11 is 0. The van der Waals surface area contributed by atoms with Crippen molar-refractivity contribution in [3.05, 3.63) is 35.9 Å². The molecule has 0 aliphatic carbocycles. The van der Waals surface area contributed by atoms with E-state index in [1.54, 1.807) is 20.8 Å². The summed E-state index contributed by atoms with van der Waals surface area (Å²) in [5, 5.41) is 8.81. The van der Waals surface area contributed by atoms with E-state index in [-0.39, 0.29) is 18.9 Å². The molecule has 0 aliphatic rings. The maximum absolute atomic E-state index is 12.0. The zero-order valence-electron chi connectivity index (χ0n) is 14.9. The average molecular weight is 350 g/mol. The maximum Gasteiger partial charge on any atom is 0.308 e. The second kappa shape index (κ2) is 10.6. The molecule has 0 bridgehead atoms. The lowest BCUT2D eigenvalue weighted by Gasteiger charge is -2.29. The van der Waals surface area contributed by atoms with Crippen LogP contribution in [0.3, 0.4) is 0 Å². The molecule has 3 unspecified atom stereocenters. The molecule has 1 aromatic rings. The van der Waals surface area contributed by atoms with Crippen LogP contribution >= 0.6 is 0 Å². The van der Waals surface area contributed by atoms with Gasteiger partial charge in [0, 0.05) is 0 Å². The molecule has 0 heterocycles. The van der Waals surface area contributed by atoms with Crippen LogP contribution in [-0.2, 0) is 30.3 Å². The number of benzene rings is 1. The summed E-state index contributed by atoms with van der Waals surface area (Å²) in [7, 11) is 0. The van der Waals surface area contributed by atoms with Gasteiger partial charge in [-0.05, 0) is 18.9 Å². The van der Waals surface area contributed by atoms with Gasteiger partial charge >= 0.3 is 11.9 Å². The SMILES string of the molecule is CC(C)C(=O)OC(C(C=O)Cc1ccccc1)C(C)OC(=O)CCO. The quantitative estimate of drug-likeness (QED) is 0.512. The number of aldehydes is 1. The molecular formula is C19H26O6. The van der Waals surface area contributed by atoms with Gasteiger partial charge in [-0.3, -0.25) is 9.59 Å². The van der Waals surface area contributed by atoms with Crippen molar-refractivity contribution < 1.29 is 29.0 Å². The van der Waals surface area contributed by atoms with Crippen LogP contribution in [0.2, 0.25) is 0 Å². The molecule has 1 aromatic carbocycles. The third-order valence-electron chi connectivity index (χ3n) is 3.73. The Bertz CT molecular complexity index is 554. The first-order chi connectivity index (χ1) is 11.9. The zero-order chi connectivity index (χ0) is 18.8. The molecule has 1 N–H and O–H groups in total. The molecule has 6 heteroatoms. The largest absolute Gasteiger partial charge is 0.459 e. The first-order valence-electron chi connectivity index (χ1n) is 8.39. The van der Waals surface area contributed by atoms with Crippen LogP contribution in [0, 0.1) is 11.8 Å². The van der Waals surface area contributed by atoms with Gasteiger partial charge in [0.1, 0.15) is 18.5 Å². The van der Waals surface area contributed by atoms with Gasteiger partial charge in [-0.15, -0.1) is 0 Å². The van der Waals surface area contributed by atoms with Crippen molar-refractivity contribution >= 4 is 18.2 Å². The normalized spacial score (nSPS) is 14.4. The van der Waals surface area contributed by atoms with E-state index in [0.717, 1.165) is 11.8 Å². The monoisotopic (exact) mass is 350 g/mol. The van der Waals surface area contributed by atoms with Gasteiger partial charge in [-0.2, -0.15) is 0 Å². The van der Waals surface area contributed by atoms with Crippen molar-refractivity contribution in [2.24, 2.45) is 11.8 Å². The number of hydrogen-bond donors (Lipinski definition) is 1. The molecule has 0 radical (unpaired) electrons. The molecule has 0 fully saturated rings. The molecule has 1 rings (SSSR count). The fourth-order valence-corrected chi connectivity index (χ4v) is 2.35. The number of ether oxygens (including phenoxy) is 2. The highest BCUT2D eigenvalue weighted by atomic mass is 16.6. The molecule has 0 aromatic heterocycles. The summed E-state index contributed by atoms with van der Waals surface area (Å²) in [4.78, 5) is 35.3. The van der Waals surface area contributed by atoms with Crippen LogP contribution in [0.5, 0.6) is 0 Å². The smallest absolute Gasteiger partial charge is 0.308 e. The van der Waals surface area contributed by atoms with Crippen molar-refractivity contribution in [2.45, 2.75) is 45.8 Å². The number of carbonyl (C=O) groups is 3. The Kier molecular flexibility index (Phi) is 8.84. The zero-order valence-corrected chi connectivity index (χ0v) is 14.9. The predicted octanol–water partition coefficient (Wildman–Crippen LogP) is 1.93.